The highest BCUT2D eigenvalue weighted by molar-refractivity contribution is 6.36. The normalized spacial score (nSPS) is 15.7. The molecule has 6 nitrogen and oxygen atoms in total. The Hall–Kier alpha value is -1.63. The number of aliphatic carboxylic acids is 1. The lowest BCUT2D eigenvalue weighted by molar-refractivity contribution is -0.160. The smallest absolute Gasteiger partial charge is 0.337 e. The number of para-hydroxylation sites is 1. The number of aliphatic hydroxyl groups excluding tert-OH is 1. The number of amides is 1. The molecule has 0 aromatic heterocycles. The number of hydrogen-bond acceptors (Lipinski definition) is 4. The van der Waals surface area contributed by atoms with Gasteiger partial charge in [-0.25, -0.2) is 4.79 Å². The largest absolute Gasteiger partial charge is 0.479 e. The molecule has 0 aliphatic rings. The van der Waals surface area contributed by atoms with Crippen molar-refractivity contribution >= 4 is 29.2 Å². The van der Waals surface area contributed by atoms with Gasteiger partial charge < -0.3 is 20.6 Å². The number of hydrogen-bond donors (Lipinski definition) is 4. The summed E-state index contributed by atoms with van der Waals surface area (Å²) in [7, 11) is 0. The van der Waals surface area contributed by atoms with Crippen LogP contribution < -0.4 is 5.32 Å². The monoisotopic (exact) mass is 259 g/mol. The van der Waals surface area contributed by atoms with Gasteiger partial charge in [-0.15, -0.1) is 0 Å². The quantitative estimate of drug-likeness (QED) is 0.569. The number of carbonyl (C=O) groups excluding carboxylic acids is 1. The first-order valence-corrected chi connectivity index (χ1v) is 4.92. The third-order valence-corrected chi connectivity index (χ3v) is 2.32. The highest BCUT2D eigenvalue weighted by atomic mass is 35.5. The van der Waals surface area contributed by atoms with Crippen LogP contribution in [0.4, 0.5) is 5.69 Å². The van der Waals surface area contributed by atoms with E-state index in [2.05, 4.69) is 5.32 Å². The molecular weight excluding hydrogens is 250 g/mol. The summed E-state index contributed by atoms with van der Waals surface area (Å²) < 4.78 is 0. The van der Waals surface area contributed by atoms with Gasteiger partial charge in [-0.3, -0.25) is 4.79 Å². The SMILES string of the molecule is O=C(O)C(O)C(O)(Cl)C(=O)Nc1ccccc1. The molecule has 1 amide bonds. The van der Waals surface area contributed by atoms with Crippen molar-refractivity contribution in [3.05, 3.63) is 30.3 Å². The van der Waals surface area contributed by atoms with Gasteiger partial charge in [0.1, 0.15) is 0 Å². The maximum Gasteiger partial charge on any atom is 0.337 e. The van der Waals surface area contributed by atoms with Gasteiger partial charge in [0, 0.05) is 5.69 Å². The maximum atomic E-state index is 11.5. The molecule has 1 aromatic rings. The molecule has 2 atom stereocenters. The third kappa shape index (κ3) is 3.16. The number of benzene rings is 1. The van der Waals surface area contributed by atoms with Crippen LogP contribution in [0.3, 0.4) is 0 Å². The van der Waals surface area contributed by atoms with Gasteiger partial charge in [-0.1, -0.05) is 29.8 Å². The first kappa shape index (κ1) is 13.4. The lowest BCUT2D eigenvalue weighted by Gasteiger charge is -2.22. The molecule has 0 spiro atoms. The van der Waals surface area contributed by atoms with Crippen LogP contribution in [0.2, 0.25) is 0 Å². The Morgan fingerprint density at radius 1 is 1.29 bits per heavy atom. The van der Waals surface area contributed by atoms with Gasteiger partial charge in [0.15, 0.2) is 0 Å². The molecule has 0 saturated heterocycles. The van der Waals surface area contributed by atoms with Gasteiger partial charge in [0.2, 0.25) is 6.10 Å². The van der Waals surface area contributed by atoms with E-state index in [1.807, 2.05) is 0 Å². The molecule has 0 saturated carbocycles. The maximum absolute atomic E-state index is 11.5. The summed E-state index contributed by atoms with van der Waals surface area (Å²) in [5, 5.41) is 26.2. The molecule has 0 heterocycles. The number of carbonyl (C=O) groups is 2. The molecule has 4 N–H and O–H groups in total. The van der Waals surface area contributed by atoms with Crippen molar-refractivity contribution in [3.63, 3.8) is 0 Å². The average Bonchev–Trinajstić information content (AvgIpc) is 2.29. The number of anilines is 1. The van der Waals surface area contributed by atoms with E-state index in [0.717, 1.165) is 0 Å². The lowest BCUT2D eigenvalue weighted by Crippen LogP contribution is -2.51. The van der Waals surface area contributed by atoms with Crippen LogP contribution >= 0.6 is 11.6 Å². The van der Waals surface area contributed by atoms with Crippen molar-refractivity contribution < 1.29 is 24.9 Å². The summed E-state index contributed by atoms with van der Waals surface area (Å²) in [6.07, 6.45) is -2.42. The number of aliphatic hydroxyl groups is 2. The topological polar surface area (TPSA) is 107 Å². The minimum absolute atomic E-state index is 0.314. The number of carboxylic acids is 1. The second kappa shape index (κ2) is 5.13. The van der Waals surface area contributed by atoms with Crippen LogP contribution in [0.15, 0.2) is 30.3 Å². The highest BCUT2D eigenvalue weighted by Gasteiger charge is 2.46. The number of nitrogens with one attached hydrogen (secondary N) is 1. The van der Waals surface area contributed by atoms with Crippen LogP contribution in [0.5, 0.6) is 0 Å². The molecule has 0 aliphatic carbocycles. The van der Waals surface area contributed by atoms with Gasteiger partial charge in [-0.05, 0) is 12.1 Å². The van der Waals surface area contributed by atoms with Gasteiger partial charge in [0.05, 0.1) is 0 Å². The predicted octanol–water partition coefficient (Wildman–Crippen LogP) is -0.00200. The first-order chi connectivity index (χ1) is 7.85. The van der Waals surface area contributed by atoms with E-state index in [9.17, 15) is 14.7 Å². The van der Waals surface area contributed by atoms with Crippen molar-refractivity contribution in [3.8, 4) is 0 Å². The zero-order valence-corrected chi connectivity index (χ0v) is 9.26. The van der Waals surface area contributed by atoms with Crippen LogP contribution in [0.25, 0.3) is 0 Å². The van der Waals surface area contributed by atoms with Gasteiger partial charge in [0.25, 0.3) is 11.0 Å². The number of alkyl halides is 1. The van der Waals surface area contributed by atoms with E-state index in [1.54, 1.807) is 18.2 Å². The summed E-state index contributed by atoms with van der Waals surface area (Å²) in [5.41, 5.74) is 0.314. The Labute approximate surface area is 101 Å². The molecular formula is C10H10ClNO5. The van der Waals surface area contributed by atoms with E-state index < -0.39 is 23.0 Å². The summed E-state index contributed by atoms with van der Waals surface area (Å²) >= 11 is 5.29. The fourth-order valence-corrected chi connectivity index (χ4v) is 1.17. The molecule has 2 unspecified atom stereocenters. The summed E-state index contributed by atoms with van der Waals surface area (Å²) in [4.78, 5) is 21.9. The van der Waals surface area contributed by atoms with Crippen LogP contribution in [0.1, 0.15) is 0 Å². The van der Waals surface area contributed by atoms with Gasteiger partial charge in [-0.2, -0.15) is 0 Å². The Balaban J connectivity index is 2.80. The number of carboxylic acid groups (broad SMARTS) is 1. The summed E-state index contributed by atoms with van der Waals surface area (Å²) in [6, 6.07) is 7.97. The molecule has 92 valence electrons. The summed E-state index contributed by atoms with van der Waals surface area (Å²) in [5.74, 6) is -3.02. The Bertz CT molecular complexity index is 420. The molecule has 17 heavy (non-hydrogen) atoms. The van der Waals surface area contributed by atoms with Crippen LogP contribution in [-0.2, 0) is 9.59 Å². The second-order valence-corrected chi connectivity index (χ2v) is 3.81. The standard InChI is InChI=1S/C10H10ClNO5/c11-10(17,7(13)8(14)15)9(16)12-6-4-2-1-3-5-6/h1-5,7,13,17H,(H,12,16)(H,14,15). The van der Waals surface area contributed by atoms with Crippen LogP contribution in [0, 0.1) is 0 Å². The molecule has 0 aliphatic heterocycles. The minimum atomic E-state index is -2.93. The zero-order valence-electron chi connectivity index (χ0n) is 8.50. The highest BCUT2D eigenvalue weighted by Crippen LogP contribution is 2.19. The van der Waals surface area contributed by atoms with Crippen molar-refractivity contribution in [2.24, 2.45) is 0 Å². The Kier molecular flexibility index (Phi) is 4.06. The third-order valence-electron chi connectivity index (χ3n) is 1.95. The molecule has 0 radical (unpaired) electrons. The minimum Gasteiger partial charge on any atom is -0.479 e. The van der Waals surface area contributed by atoms with Gasteiger partial charge >= 0.3 is 5.97 Å². The lowest BCUT2D eigenvalue weighted by atomic mass is 10.2. The fourth-order valence-electron chi connectivity index (χ4n) is 1.03. The first-order valence-electron chi connectivity index (χ1n) is 4.54. The fraction of sp³-hybridized carbons (Fsp3) is 0.200. The second-order valence-electron chi connectivity index (χ2n) is 3.23. The van der Waals surface area contributed by atoms with Crippen molar-refractivity contribution in [2.45, 2.75) is 11.2 Å². The molecule has 7 heteroatoms. The van der Waals surface area contributed by atoms with Crippen molar-refractivity contribution in [1.82, 2.24) is 0 Å². The predicted molar refractivity (Wildman–Crippen MR) is 59.5 cm³/mol. The zero-order chi connectivity index (χ0) is 13.1. The molecule has 1 rings (SSSR count). The van der Waals surface area contributed by atoms with Crippen molar-refractivity contribution in [1.29, 1.82) is 0 Å². The molecule has 0 fully saturated rings. The molecule has 0 bridgehead atoms. The van der Waals surface area contributed by atoms with E-state index in [4.69, 9.17) is 21.8 Å². The number of rotatable bonds is 4. The van der Waals surface area contributed by atoms with Crippen LogP contribution in [-0.4, -0.2) is 38.4 Å². The van der Waals surface area contributed by atoms with E-state index in [1.165, 1.54) is 12.1 Å². The van der Waals surface area contributed by atoms with E-state index in [0.29, 0.717) is 5.69 Å². The van der Waals surface area contributed by atoms with E-state index >= 15 is 0 Å². The summed E-state index contributed by atoms with van der Waals surface area (Å²) in [6.45, 7) is 0. The molecule has 1 aromatic carbocycles. The number of halogens is 1. The Morgan fingerprint density at radius 2 is 1.82 bits per heavy atom. The van der Waals surface area contributed by atoms with Crippen molar-refractivity contribution in [2.75, 3.05) is 5.32 Å². The Morgan fingerprint density at radius 3 is 2.29 bits per heavy atom. The van der Waals surface area contributed by atoms with E-state index in [-0.39, 0.29) is 0 Å². The average molecular weight is 260 g/mol.